The molecule has 0 radical (unpaired) electrons. The average molecular weight is 346 g/mol. The first-order valence-electron chi connectivity index (χ1n) is 8.01. The van der Waals surface area contributed by atoms with Crippen LogP contribution in [0.3, 0.4) is 0 Å². The monoisotopic (exact) mass is 346 g/mol. The van der Waals surface area contributed by atoms with Gasteiger partial charge in [0.15, 0.2) is 5.43 Å². The number of benzene rings is 4. The van der Waals surface area contributed by atoms with Gasteiger partial charge in [-0.05, 0) is 41.3 Å². The maximum Gasteiger partial charge on any atom is 0.200 e. The van der Waals surface area contributed by atoms with Gasteiger partial charge in [0.1, 0.15) is 17.3 Å². The summed E-state index contributed by atoms with van der Waals surface area (Å²) in [6, 6.07) is 13.7. The molecule has 2 aromatic carbocycles. The Hall–Kier alpha value is -3.60. The second-order valence-corrected chi connectivity index (χ2v) is 6.22. The molecule has 0 saturated heterocycles. The van der Waals surface area contributed by atoms with Crippen LogP contribution in [0.4, 0.5) is 0 Å². The van der Waals surface area contributed by atoms with Crippen molar-refractivity contribution in [3.63, 3.8) is 0 Å². The second-order valence-electron chi connectivity index (χ2n) is 6.22. The van der Waals surface area contributed by atoms with Gasteiger partial charge in [0.25, 0.3) is 0 Å². The van der Waals surface area contributed by atoms with E-state index in [1.165, 1.54) is 30.3 Å². The van der Waals surface area contributed by atoms with Gasteiger partial charge in [-0.1, -0.05) is 24.3 Å². The van der Waals surface area contributed by atoms with E-state index in [2.05, 4.69) is 0 Å². The third-order valence-corrected chi connectivity index (χ3v) is 4.52. The van der Waals surface area contributed by atoms with Crippen molar-refractivity contribution in [1.29, 1.82) is 0 Å². The molecule has 5 nitrogen and oxygen atoms in total. The third kappa shape index (κ3) is 2.41. The van der Waals surface area contributed by atoms with E-state index in [1.807, 2.05) is 0 Å². The highest BCUT2D eigenvalue weighted by Gasteiger charge is 2.19. The summed E-state index contributed by atoms with van der Waals surface area (Å²) < 4.78 is 0. The molecule has 0 atom stereocenters. The third-order valence-electron chi connectivity index (χ3n) is 4.52. The van der Waals surface area contributed by atoms with Crippen molar-refractivity contribution in [2.75, 3.05) is 0 Å². The fraction of sp³-hybridized carbons (Fsp3) is 0.0476. The Kier molecular flexibility index (Phi) is 3.51. The Bertz CT molecular complexity index is 1280. The second kappa shape index (κ2) is 5.74. The molecular weight excluding hydrogens is 332 g/mol. The number of aliphatic hydroxyl groups excluding tert-OH is 1. The van der Waals surface area contributed by atoms with Crippen LogP contribution in [-0.2, 0) is 6.42 Å². The summed E-state index contributed by atoms with van der Waals surface area (Å²) in [7, 11) is 0. The molecule has 2 aliphatic carbocycles. The molecular formula is C21H14O5. The standard InChI is InChI=1S/C21H14O5/c22-13-3-1-2-11(8-13)9-18(25)15-10-14-16(23)6-4-12-5-7-17(24)20(19(12)14)21(15)26/h1-8,10,22,24-25H,9H2/b18-15+. The van der Waals surface area contributed by atoms with Gasteiger partial charge < -0.3 is 15.3 Å². The number of phenols is 2. The van der Waals surface area contributed by atoms with Gasteiger partial charge in [-0.3, -0.25) is 9.59 Å². The topological polar surface area (TPSA) is 94.8 Å². The van der Waals surface area contributed by atoms with Crippen LogP contribution in [0, 0.1) is 0 Å². The largest absolute Gasteiger partial charge is 0.511 e. The Balaban J connectivity index is 2.08. The summed E-state index contributed by atoms with van der Waals surface area (Å²) in [6.45, 7) is 0. The van der Waals surface area contributed by atoms with Crippen LogP contribution in [0.2, 0.25) is 0 Å². The number of hydrogen-bond acceptors (Lipinski definition) is 5. The molecule has 3 N–H and O–H groups in total. The summed E-state index contributed by atoms with van der Waals surface area (Å²) in [5.41, 5.74) is 0.449. The van der Waals surface area contributed by atoms with Crippen molar-refractivity contribution in [3.8, 4) is 22.6 Å². The van der Waals surface area contributed by atoms with Crippen LogP contribution in [0.15, 0.2) is 64.2 Å². The number of hydrogen-bond donors (Lipinski definition) is 3. The van der Waals surface area contributed by atoms with Crippen LogP contribution in [-0.4, -0.2) is 15.3 Å². The molecule has 26 heavy (non-hydrogen) atoms. The zero-order chi connectivity index (χ0) is 18.4. The van der Waals surface area contributed by atoms with Crippen molar-refractivity contribution >= 4 is 16.5 Å². The van der Waals surface area contributed by atoms with Crippen molar-refractivity contribution in [1.82, 2.24) is 0 Å². The number of rotatable bonds is 2. The van der Waals surface area contributed by atoms with Crippen molar-refractivity contribution in [2.45, 2.75) is 6.42 Å². The minimum Gasteiger partial charge on any atom is -0.511 e. The highest BCUT2D eigenvalue weighted by atomic mass is 16.3. The van der Waals surface area contributed by atoms with E-state index in [0.29, 0.717) is 16.5 Å². The lowest BCUT2D eigenvalue weighted by Gasteiger charge is -2.12. The summed E-state index contributed by atoms with van der Waals surface area (Å²) >= 11 is 0. The van der Waals surface area contributed by atoms with Crippen LogP contribution >= 0.6 is 0 Å². The van der Waals surface area contributed by atoms with E-state index in [0.717, 1.165) is 0 Å². The fourth-order valence-corrected chi connectivity index (χ4v) is 3.30. The molecule has 0 fully saturated rings. The lowest BCUT2D eigenvalue weighted by molar-refractivity contribution is 0.472. The molecule has 4 rings (SSSR count). The zero-order valence-electron chi connectivity index (χ0n) is 13.6. The van der Waals surface area contributed by atoms with Gasteiger partial charge in [-0.2, -0.15) is 0 Å². The smallest absolute Gasteiger partial charge is 0.200 e. The van der Waals surface area contributed by atoms with E-state index >= 15 is 0 Å². The number of aromatic hydroxyl groups is 2. The average Bonchev–Trinajstić information content (AvgIpc) is 2.60. The normalized spacial score (nSPS) is 12.6. The zero-order valence-corrected chi connectivity index (χ0v) is 13.6. The van der Waals surface area contributed by atoms with E-state index in [4.69, 9.17) is 0 Å². The molecule has 0 aromatic heterocycles. The van der Waals surface area contributed by atoms with Gasteiger partial charge in [0.05, 0.1) is 10.6 Å². The van der Waals surface area contributed by atoms with Crippen molar-refractivity contribution < 1.29 is 15.3 Å². The minimum atomic E-state index is -0.538. The highest BCUT2D eigenvalue weighted by molar-refractivity contribution is 6.00. The maximum atomic E-state index is 12.9. The highest BCUT2D eigenvalue weighted by Crippen LogP contribution is 2.32. The molecule has 2 aliphatic rings. The van der Waals surface area contributed by atoms with Crippen LogP contribution in [0.25, 0.3) is 27.7 Å². The minimum absolute atomic E-state index is 0.0130. The molecule has 0 amide bonds. The molecule has 0 unspecified atom stereocenters. The van der Waals surface area contributed by atoms with Gasteiger partial charge >= 0.3 is 0 Å². The molecule has 2 aromatic rings. The number of phenolic OH excluding ortho intramolecular Hbond substituents is 2. The summed E-state index contributed by atoms with van der Waals surface area (Å²) in [6.07, 6.45) is 0.0130. The lowest BCUT2D eigenvalue weighted by Crippen LogP contribution is -2.30. The van der Waals surface area contributed by atoms with Crippen LogP contribution in [0.1, 0.15) is 5.56 Å². The lowest BCUT2D eigenvalue weighted by atomic mass is 9.91. The Morgan fingerprint density at radius 3 is 2.46 bits per heavy atom. The Morgan fingerprint density at radius 1 is 0.923 bits per heavy atom. The van der Waals surface area contributed by atoms with Crippen molar-refractivity contribution in [3.05, 3.63) is 85.8 Å². The molecule has 0 aliphatic heterocycles. The maximum absolute atomic E-state index is 12.9. The quantitative estimate of drug-likeness (QED) is 0.517. The molecule has 128 valence electrons. The van der Waals surface area contributed by atoms with Gasteiger partial charge in [0, 0.05) is 17.5 Å². The predicted octanol–water partition coefficient (Wildman–Crippen LogP) is 2.14. The van der Waals surface area contributed by atoms with Gasteiger partial charge in [-0.25, -0.2) is 0 Å². The molecule has 0 heterocycles. The van der Waals surface area contributed by atoms with Crippen molar-refractivity contribution in [2.24, 2.45) is 0 Å². The number of aliphatic hydroxyl groups is 1. The van der Waals surface area contributed by atoms with Gasteiger partial charge in [0.2, 0.25) is 5.43 Å². The van der Waals surface area contributed by atoms with E-state index in [9.17, 15) is 24.9 Å². The first-order chi connectivity index (χ1) is 12.5. The van der Waals surface area contributed by atoms with E-state index < -0.39 is 5.43 Å². The summed E-state index contributed by atoms with van der Waals surface area (Å²) in [4.78, 5) is 25.2. The molecule has 0 saturated carbocycles. The summed E-state index contributed by atoms with van der Waals surface area (Å²) in [5.74, 6) is -0.412. The molecule has 0 bridgehead atoms. The first kappa shape index (κ1) is 15.9. The van der Waals surface area contributed by atoms with Crippen LogP contribution in [0.5, 0.6) is 11.5 Å². The SMILES string of the molecule is O=c1ccc2ccc(O)c3c2-c1c/c(=C(\O)Cc1cccc(O)c1)c3=O. The van der Waals surface area contributed by atoms with Crippen LogP contribution < -0.4 is 16.1 Å². The van der Waals surface area contributed by atoms with E-state index in [1.54, 1.807) is 24.3 Å². The Labute approximate surface area is 147 Å². The predicted molar refractivity (Wildman–Crippen MR) is 99.0 cm³/mol. The summed E-state index contributed by atoms with van der Waals surface area (Å²) in [5, 5.41) is 30.9. The molecule has 5 heteroatoms. The van der Waals surface area contributed by atoms with Gasteiger partial charge in [-0.15, -0.1) is 0 Å². The fourth-order valence-electron chi connectivity index (χ4n) is 3.30. The molecule has 0 spiro atoms. The first-order valence-corrected chi connectivity index (χ1v) is 8.01. The van der Waals surface area contributed by atoms with E-state index in [-0.39, 0.29) is 45.3 Å². The Morgan fingerprint density at radius 2 is 1.69 bits per heavy atom.